The van der Waals surface area contributed by atoms with E-state index in [0.717, 1.165) is 11.1 Å². The van der Waals surface area contributed by atoms with Crippen LogP contribution in [0, 0.1) is 5.82 Å². The molecule has 0 spiro atoms. The first-order chi connectivity index (χ1) is 13.2. The van der Waals surface area contributed by atoms with E-state index in [-0.39, 0.29) is 16.1 Å². The first kappa shape index (κ1) is 21.8. The highest BCUT2D eigenvalue weighted by Crippen LogP contribution is 2.22. The average Bonchev–Trinajstić information content (AvgIpc) is 2.68. The van der Waals surface area contributed by atoms with Gasteiger partial charge in [-0.05, 0) is 42.4 Å². The zero-order chi connectivity index (χ0) is 20.8. The first-order valence-corrected chi connectivity index (χ1v) is 10.4. The van der Waals surface area contributed by atoms with Gasteiger partial charge in [-0.3, -0.25) is 4.99 Å². The maximum Gasteiger partial charge on any atom is 0.240 e. The summed E-state index contributed by atoms with van der Waals surface area (Å²) in [4.78, 5) is 4.41. The molecule has 0 radical (unpaired) electrons. The van der Waals surface area contributed by atoms with Gasteiger partial charge in [0.1, 0.15) is 5.82 Å². The Balaban J connectivity index is 1.99. The van der Waals surface area contributed by atoms with Gasteiger partial charge in [-0.2, -0.15) is 0 Å². The van der Waals surface area contributed by atoms with E-state index in [4.69, 9.17) is 0 Å². The van der Waals surface area contributed by atoms with Crippen LogP contribution in [0.5, 0.6) is 0 Å². The average molecular weight is 407 g/mol. The number of guanidine groups is 1. The van der Waals surface area contributed by atoms with Gasteiger partial charge in [0.2, 0.25) is 10.0 Å². The van der Waals surface area contributed by atoms with Crippen molar-refractivity contribution < 1.29 is 12.8 Å². The Kier molecular flexibility index (Phi) is 7.15. The number of sulfonamides is 1. The van der Waals surface area contributed by atoms with Gasteiger partial charge in [0, 0.05) is 25.6 Å². The van der Waals surface area contributed by atoms with Crippen LogP contribution < -0.4 is 15.4 Å². The van der Waals surface area contributed by atoms with Crippen LogP contribution in [0.15, 0.2) is 58.4 Å². The Hall–Kier alpha value is -2.45. The standard InChI is InChI=1S/C20H27FN4O2S/c1-20(2,16-8-6-9-17(21)12-16)14-25-19(22-3)24-13-15-7-5-10-18(11-15)28(26,27)23-4/h5-12,23H,13-14H2,1-4H3,(H2,22,24,25). The largest absolute Gasteiger partial charge is 0.356 e. The van der Waals surface area contributed by atoms with Crippen molar-refractivity contribution in [3.8, 4) is 0 Å². The lowest BCUT2D eigenvalue weighted by molar-refractivity contribution is 0.503. The lowest BCUT2D eigenvalue weighted by Crippen LogP contribution is -2.43. The molecule has 0 heterocycles. The predicted octanol–water partition coefficient (Wildman–Crippen LogP) is 2.38. The topological polar surface area (TPSA) is 82.6 Å². The summed E-state index contributed by atoms with van der Waals surface area (Å²) >= 11 is 0. The predicted molar refractivity (Wildman–Crippen MR) is 110 cm³/mol. The molecule has 0 atom stereocenters. The fourth-order valence-electron chi connectivity index (χ4n) is 2.66. The third-order valence-electron chi connectivity index (χ3n) is 4.46. The number of hydrogen-bond acceptors (Lipinski definition) is 3. The summed E-state index contributed by atoms with van der Waals surface area (Å²) < 4.78 is 39.7. The van der Waals surface area contributed by atoms with E-state index in [0.29, 0.717) is 19.0 Å². The highest BCUT2D eigenvalue weighted by atomic mass is 32.2. The van der Waals surface area contributed by atoms with Gasteiger partial charge in [0.15, 0.2) is 5.96 Å². The van der Waals surface area contributed by atoms with Gasteiger partial charge < -0.3 is 10.6 Å². The van der Waals surface area contributed by atoms with Crippen molar-refractivity contribution in [2.45, 2.75) is 30.7 Å². The van der Waals surface area contributed by atoms with E-state index in [9.17, 15) is 12.8 Å². The van der Waals surface area contributed by atoms with E-state index in [2.05, 4.69) is 20.3 Å². The number of aliphatic imine (C=N–C) groups is 1. The molecule has 0 aliphatic heterocycles. The highest BCUT2D eigenvalue weighted by Gasteiger charge is 2.21. The van der Waals surface area contributed by atoms with Gasteiger partial charge >= 0.3 is 0 Å². The molecule has 0 saturated heterocycles. The molecule has 8 heteroatoms. The second kappa shape index (κ2) is 9.16. The molecule has 2 aromatic rings. The maximum atomic E-state index is 13.5. The SMILES string of the molecule is CN=C(NCc1cccc(S(=O)(=O)NC)c1)NCC(C)(C)c1cccc(F)c1. The molecule has 0 amide bonds. The molecule has 152 valence electrons. The van der Waals surface area contributed by atoms with E-state index >= 15 is 0 Å². The highest BCUT2D eigenvalue weighted by molar-refractivity contribution is 7.89. The Morgan fingerprint density at radius 2 is 1.82 bits per heavy atom. The van der Waals surface area contributed by atoms with Crippen LogP contribution in [0.1, 0.15) is 25.0 Å². The normalized spacial score (nSPS) is 12.7. The zero-order valence-electron chi connectivity index (χ0n) is 16.6. The number of benzene rings is 2. The number of hydrogen-bond donors (Lipinski definition) is 3. The van der Waals surface area contributed by atoms with E-state index in [1.54, 1.807) is 31.3 Å². The summed E-state index contributed by atoms with van der Waals surface area (Å²) in [5.74, 6) is 0.316. The van der Waals surface area contributed by atoms with Crippen LogP contribution in [-0.4, -0.2) is 35.0 Å². The molecule has 0 aliphatic carbocycles. The van der Waals surface area contributed by atoms with E-state index in [1.165, 1.54) is 19.2 Å². The number of rotatable bonds is 7. The van der Waals surface area contributed by atoms with Crippen LogP contribution >= 0.6 is 0 Å². The third kappa shape index (κ3) is 5.77. The Morgan fingerprint density at radius 1 is 1.11 bits per heavy atom. The summed E-state index contributed by atoms with van der Waals surface area (Å²) in [6.45, 7) is 5.00. The minimum atomic E-state index is -3.48. The monoisotopic (exact) mass is 406 g/mol. The molecule has 2 rings (SSSR count). The van der Waals surface area contributed by atoms with Crippen LogP contribution in [0.25, 0.3) is 0 Å². The molecule has 0 saturated carbocycles. The quantitative estimate of drug-likeness (QED) is 0.487. The Morgan fingerprint density at radius 3 is 2.46 bits per heavy atom. The second-order valence-electron chi connectivity index (χ2n) is 7.03. The minimum absolute atomic E-state index is 0.212. The molecule has 28 heavy (non-hydrogen) atoms. The maximum absolute atomic E-state index is 13.5. The first-order valence-electron chi connectivity index (χ1n) is 8.91. The van der Waals surface area contributed by atoms with Gasteiger partial charge in [-0.25, -0.2) is 17.5 Å². The van der Waals surface area contributed by atoms with Crippen LogP contribution in [0.3, 0.4) is 0 Å². The zero-order valence-corrected chi connectivity index (χ0v) is 17.4. The summed E-state index contributed by atoms with van der Waals surface area (Å²) in [6, 6.07) is 13.3. The van der Waals surface area contributed by atoms with Gasteiger partial charge in [-0.1, -0.05) is 38.1 Å². The molecule has 6 nitrogen and oxygen atoms in total. The van der Waals surface area contributed by atoms with E-state index < -0.39 is 10.0 Å². The van der Waals surface area contributed by atoms with Crippen molar-refractivity contribution in [3.63, 3.8) is 0 Å². The summed E-state index contributed by atoms with van der Waals surface area (Å²) in [5.41, 5.74) is 1.39. The van der Waals surface area contributed by atoms with E-state index in [1.807, 2.05) is 26.0 Å². The Labute approximate surface area is 166 Å². The third-order valence-corrected chi connectivity index (χ3v) is 5.88. The molecule has 0 aliphatic rings. The van der Waals surface area contributed by atoms with Crippen molar-refractivity contribution in [1.82, 2.24) is 15.4 Å². The van der Waals surface area contributed by atoms with Gasteiger partial charge in [0.25, 0.3) is 0 Å². The molecule has 0 aromatic heterocycles. The van der Waals surface area contributed by atoms with Crippen LogP contribution in [-0.2, 0) is 22.0 Å². The molecular formula is C20H27FN4O2S. The molecule has 2 aromatic carbocycles. The molecule has 0 unspecified atom stereocenters. The molecule has 3 N–H and O–H groups in total. The van der Waals surface area contributed by atoms with Crippen molar-refractivity contribution in [1.29, 1.82) is 0 Å². The summed E-state index contributed by atoms with van der Waals surface area (Å²) in [6.07, 6.45) is 0. The van der Waals surface area contributed by atoms with Crippen molar-refractivity contribution in [2.24, 2.45) is 4.99 Å². The molecule has 0 fully saturated rings. The molecule has 0 bridgehead atoms. The second-order valence-corrected chi connectivity index (χ2v) is 8.92. The lowest BCUT2D eigenvalue weighted by Gasteiger charge is -2.27. The minimum Gasteiger partial charge on any atom is -0.356 e. The van der Waals surface area contributed by atoms with Gasteiger partial charge in [-0.15, -0.1) is 0 Å². The van der Waals surface area contributed by atoms with Crippen LogP contribution in [0.4, 0.5) is 4.39 Å². The molecular weight excluding hydrogens is 379 g/mol. The smallest absolute Gasteiger partial charge is 0.240 e. The fourth-order valence-corrected chi connectivity index (χ4v) is 3.46. The van der Waals surface area contributed by atoms with Crippen LogP contribution in [0.2, 0.25) is 0 Å². The number of halogens is 1. The van der Waals surface area contributed by atoms with Crippen molar-refractivity contribution in [3.05, 3.63) is 65.5 Å². The Bertz CT molecular complexity index is 943. The fraction of sp³-hybridized carbons (Fsp3) is 0.350. The van der Waals surface area contributed by atoms with Crippen molar-refractivity contribution >= 4 is 16.0 Å². The summed E-state index contributed by atoms with van der Waals surface area (Å²) in [5, 5.41) is 6.41. The summed E-state index contributed by atoms with van der Waals surface area (Å²) in [7, 11) is -0.442. The number of nitrogens with zero attached hydrogens (tertiary/aromatic N) is 1. The van der Waals surface area contributed by atoms with Crippen molar-refractivity contribution in [2.75, 3.05) is 20.6 Å². The lowest BCUT2D eigenvalue weighted by atomic mass is 9.84. The number of nitrogens with one attached hydrogen (secondary N) is 3. The van der Waals surface area contributed by atoms with Gasteiger partial charge in [0.05, 0.1) is 4.90 Å².